The third-order valence-corrected chi connectivity index (χ3v) is 7.26. The smallest absolute Gasteiger partial charge is 0.234 e. The lowest BCUT2D eigenvalue weighted by atomic mass is 9.87. The van der Waals surface area contributed by atoms with Crippen LogP contribution < -0.4 is 5.32 Å². The lowest BCUT2D eigenvalue weighted by Gasteiger charge is -2.32. The number of piperidine rings is 1. The Balaban J connectivity index is 1.54. The highest BCUT2D eigenvalue weighted by Crippen LogP contribution is 2.38. The van der Waals surface area contributed by atoms with Crippen molar-refractivity contribution in [3.63, 3.8) is 0 Å². The van der Waals surface area contributed by atoms with E-state index < -0.39 is 0 Å². The Morgan fingerprint density at radius 1 is 1.12 bits per heavy atom. The first-order chi connectivity index (χ1) is 16.2. The van der Waals surface area contributed by atoms with Crippen molar-refractivity contribution >= 4 is 16.8 Å². The molecule has 3 aromatic rings. The van der Waals surface area contributed by atoms with Gasteiger partial charge in [-0.25, -0.2) is 0 Å². The summed E-state index contributed by atoms with van der Waals surface area (Å²) in [7, 11) is 0. The number of benzene rings is 1. The number of hydrogen-bond donors (Lipinski definition) is 2. The van der Waals surface area contributed by atoms with E-state index in [2.05, 4.69) is 92.1 Å². The van der Waals surface area contributed by atoms with E-state index in [1.807, 2.05) is 0 Å². The van der Waals surface area contributed by atoms with E-state index in [0.29, 0.717) is 18.4 Å². The van der Waals surface area contributed by atoms with Crippen molar-refractivity contribution in [1.29, 1.82) is 0 Å². The molecule has 1 atom stereocenters. The van der Waals surface area contributed by atoms with Crippen LogP contribution in [0.25, 0.3) is 22.2 Å². The van der Waals surface area contributed by atoms with E-state index in [1.165, 1.54) is 33.3 Å². The first kappa shape index (κ1) is 24.5. The second-order valence-corrected chi connectivity index (χ2v) is 10.4. The Morgan fingerprint density at radius 2 is 1.79 bits per heavy atom. The zero-order valence-corrected chi connectivity index (χ0v) is 21.7. The number of likely N-dealkylation sites (tertiary alicyclic amines) is 1. The zero-order chi connectivity index (χ0) is 24.4. The summed E-state index contributed by atoms with van der Waals surface area (Å²) in [6.07, 6.45) is 3.16. The van der Waals surface area contributed by atoms with Crippen LogP contribution in [0.3, 0.4) is 0 Å². The number of pyridine rings is 1. The molecule has 4 rings (SSSR count). The first-order valence-electron chi connectivity index (χ1n) is 12.9. The summed E-state index contributed by atoms with van der Waals surface area (Å²) >= 11 is 0. The van der Waals surface area contributed by atoms with Crippen molar-refractivity contribution in [1.82, 2.24) is 20.2 Å². The van der Waals surface area contributed by atoms with Crippen LogP contribution in [0.15, 0.2) is 30.3 Å². The number of nitrogens with one attached hydrogen (secondary N) is 2. The molecular formula is C29H40N4O. The van der Waals surface area contributed by atoms with Crippen LogP contribution in [0.2, 0.25) is 0 Å². The van der Waals surface area contributed by atoms with Crippen LogP contribution in [0.1, 0.15) is 81.3 Å². The standard InChI is InChI=1S/C29H40N4O/c1-7-19(4)31-27(34)17-33-12-10-22(11-13-33)23-8-9-26-25(16-23)28(18(2)3)29(32-26)24-14-20(5)30-21(6)15-24/h8-9,14-16,18-19,22,32H,7,10-13,17H2,1-6H3,(H,31,34). The Labute approximate surface area is 204 Å². The van der Waals surface area contributed by atoms with Gasteiger partial charge in [-0.05, 0) is 100 Å². The highest BCUT2D eigenvalue weighted by molar-refractivity contribution is 5.92. The van der Waals surface area contributed by atoms with Gasteiger partial charge in [0, 0.05) is 33.9 Å². The lowest BCUT2D eigenvalue weighted by molar-refractivity contribution is -0.123. The summed E-state index contributed by atoms with van der Waals surface area (Å²) in [6.45, 7) is 15.3. The molecule has 1 aliphatic rings. The summed E-state index contributed by atoms with van der Waals surface area (Å²) in [5.74, 6) is 1.11. The fourth-order valence-electron chi connectivity index (χ4n) is 5.34. The van der Waals surface area contributed by atoms with Gasteiger partial charge in [0.05, 0.1) is 12.2 Å². The molecule has 1 amide bonds. The number of carbonyl (C=O) groups excluding carboxylic acids is 1. The third kappa shape index (κ3) is 5.35. The van der Waals surface area contributed by atoms with Crippen molar-refractivity contribution < 1.29 is 4.79 Å². The van der Waals surface area contributed by atoms with Gasteiger partial charge in [-0.3, -0.25) is 14.7 Å². The average molecular weight is 461 g/mol. The number of aryl methyl sites for hydroxylation is 2. The summed E-state index contributed by atoms with van der Waals surface area (Å²) in [4.78, 5) is 22.9. The quantitative estimate of drug-likeness (QED) is 0.450. The minimum atomic E-state index is 0.150. The molecule has 0 aliphatic carbocycles. The molecule has 1 aromatic carbocycles. The molecule has 0 radical (unpaired) electrons. The molecule has 2 N–H and O–H groups in total. The molecule has 1 aliphatic heterocycles. The fourth-order valence-corrected chi connectivity index (χ4v) is 5.34. The lowest BCUT2D eigenvalue weighted by Crippen LogP contribution is -2.43. The molecular weight excluding hydrogens is 420 g/mol. The van der Waals surface area contributed by atoms with E-state index in [0.717, 1.165) is 43.7 Å². The van der Waals surface area contributed by atoms with Gasteiger partial charge in [0.1, 0.15) is 0 Å². The number of hydrogen-bond acceptors (Lipinski definition) is 3. The SMILES string of the molecule is CCC(C)NC(=O)CN1CCC(c2ccc3[nH]c(-c4cc(C)nc(C)c4)c(C(C)C)c3c2)CC1. The number of aromatic amines is 1. The molecule has 1 fully saturated rings. The van der Waals surface area contributed by atoms with Gasteiger partial charge in [-0.2, -0.15) is 0 Å². The normalized spacial score (nSPS) is 16.3. The molecule has 182 valence electrons. The number of carbonyl (C=O) groups is 1. The maximum Gasteiger partial charge on any atom is 0.234 e. The van der Waals surface area contributed by atoms with Crippen molar-refractivity contribution in [2.24, 2.45) is 0 Å². The van der Waals surface area contributed by atoms with Crippen LogP contribution in [0, 0.1) is 13.8 Å². The van der Waals surface area contributed by atoms with E-state index in [1.54, 1.807) is 0 Å². The van der Waals surface area contributed by atoms with Gasteiger partial charge in [0.15, 0.2) is 0 Å². The number of nitrogens with zero attached hydrogens (tertiary/aromatic N) is 2. The Kier molecular flexibility index (Phi) is 7.42. The molecule has 5 heteroatoms. The third-order valence-electron chi connectivity index (χ3n) is 7.26. The molecule has 5 nitrogen and oxygen atoms in total. The number of rotatable bonds is 7. The van der Waals surface area contributed by atoms with Crippen LogP contribution in [-0.2, 0) is 4.79 Å². The largest absolute Gasteiger partial charge is 0.354 e. The Bertz CT molecular complexity index is 1130. The summed E-state index contributed by atoms with van der Waals surface area (Å²) in [5, 5.41) is 4.43. The minimum Gasteiger partial charge on any atom is -0.354 e. The Hall–Kier alpha value is -2.66. The molecule has 1 saturated heterocycles. The summed E-state index contributed by atoms with van der Waals surface area (Å²) < 4.78 is 0. The average Bonchev–Trinajstić information content (AvgIpc) is 3.18. The van der Waals surface area contributed by atoms with Crippen LogP contribution in [0.4, 0.5) is 0 Å². The van der Waals surface area contributed by atoms with Crippen molar-refractivity contribution in [3.8, 4) is 11.3 Å². The van der Waals surface area contributed by atoms with Gasteiger partial charge in [0.2, 0.25) is 5.91 Å². The van der Waals surface area contributed by atoms with E-state index in [9.17, 15) is 4.79 Å². The van der Waals surface area contributed by atoms with Crippen LogP contribution >= 0.6 is 0 Å². The first-order valence-corrected chi connectivity index (χ1v) is 12.9. The molecule has 0 spiro atoms. The maximum atomic E-state index is 12.3. The highest BCUT2D eigenvalue weighted by atomic mass is 16.2. The van der Waals surface area contributed by atoms with E-state index in [-0.39, 0.29) is 11.9 Å². The van der Waals surface area contributed by atoms with Crippen molar-refractivity contribution in [2.45, 2.75) is 78.7 Å². The second kappa shape index (κ2) is 10.3. The van der Waals surface area contributed by atoms with Gasteiger partial charge >= 0.3 is 0 Å². The monoisotopic (exact) mass is 460 g/mol. The molecule has 3 heterocycles. The van der Waals surface area contributed by atoms with E-state index >= 15 is 0 Å². The number of H-pyrrole nitrogens is 1. The van der Waals surface area contributed by atoms with Crippen molar-refractivity contribution in [2.75, 3.05) is 19.6 Å². The van der Waals surface area contributed by atoms with Crippen LogP contribution in [0.5, 0.6) is 0 Å². The highest BCUT2D eigenvalue weighted by Gasteiger charge is 2.24. The predicted molar refractivity (Wildman–Crippen MR) is 141 cm³/mol. The Morgan fingerprint density at radius 3 is 2.41 bits per heavy atom. The number of aromatic nitrogens is 2. The van der Waals surface area contributed by atoms with Gasteiger partial charge in [0.25, 0.3) is 0 Å². The molecule has 0 bridgehead atoms. The number of fused-ring (bicyclic) bond motifs is 1. The molecule has 0 saturated carbocycles. The second-order valence-electron chi connectivity index (χ2n) is 10.4. The van der Waals surface area contributed by atoms with Crippen LogP contribution in [-0.4, -0.2) is 46.5 Å². The molecule has 34 heavy (non-hydrogen) atoms. The zero-order valence-electron chi connectivity index (χ0n) is 21.7. The fraction of sp³-hybridized carbons (Fsp3) is 0.517. The van der Waals surface area contributed by atoms with Gasteiger partial charge in [-0.1, -0.05) is 26.8 Å². The summed E-state index contributed by atoms with van der Waals surface area (Å²) in [6, 6.07) is 11.6. The molecule has 2 aromatic heterocycles. The number of amides is 1. The van der Waals surface area contributed by atoms with Crippen molar-refractivity contribution in [3.05, 3.63) is 52.8 Å². The summed E-state index contributed by atoms with van der Waals surface area (Å²) in [5.41, 5.74) is 8.55. The maximum absolute atomic E-state index is 12.3. The van der Waals surface area contributed by atoms with Gasteiger partial charge in [-0.15, -0.1) is 0 Å². The molecule has 1 unspecified atom stereocenters. The predicted octanol–water partition coefficient (Wildman–Crippen LogP) is 6.06. The van der Waals surface area contributed by atoms with E-state index in [4.69, 9.17) is 0 Å². The topological polar surface area (TPSA) is 61.0 Å². The minimum absolute atomic E-state index is 0.150. The van der Waals surface area contributed by atoms with Gasteiger partial charge < -0.3 is 10.3 Å².